The predicted octanol–water partition coefficient (Wildman–Crippen LogP) is 2.47. The van der Waals surface area contributed by atoms with Crippen molar-refractivity contribution >= 4 is 17.6 Å². The number of aryl methyl sites for hydroxylation is 1. The fraction of sp³-hybridized carbons (Fsp3) is 0.519. The second-order valence-electron chi connectivity index (χ2n) is 9.39. The third kappa shape index (κ3) is 6.69. The molecule has 1 N–H and O–H groups in total. The van der Waals surface area contributed by atoms with Gasteiger partial charge in [-0.25, -0.2) is 9.80 Å². The van der Waals surface area contributed by atoms with E-state index in [-0.39, 0.29) is 24.5 Å². The van der Waals surface area contributed by atoms with Gasteiger partial charge in [0.25, 0.3) is 5.91 Å². The van der Waals surface area contributed by atoms with Crippen LogP contribution in [0.2, 0.25) is 0 Å². The molecule has 0 spiro atoms. The maximum atomic E-state index is 13.7. The molecule has 0 radical (unpaired) electrons. The Hall–Kier alpha value is -3.37. The minimum absolute atomic E-state index is 0.0452. The molecular weight excluding hydrogens is 472 g/mol. The second-order valence-corrected chi connectivity index (χ2v) is 9.39. The molecule has 0 unspecified atom stereocenters. The summed E-state index contributed by atoms with van der Waals surface area (Å²) in [7, 11) is 3.60. The Labute approximate surface area is 218 Å². The van der Waals surface area contributed by atoms with Crippen molar-refractivity contribution < 1.29 is 19.1 Å². The first kappa shape index (κ1) is 26.7. The van der Waals surface area contributed by atoms with Crippen LogP contribution in [-0.4, -0.2) is 96.6 Å². The molecule has 10 heteroatoms. The van der Waals surface area contributed by atoms with Crippen LogP contribution in [0.5, 0.6) is 5.75 Å². The van der Waals surface area contributed by atoms with Gasteiger partial charge in [0.1, 0.15) is 12.3 Å². The van der Waals surface area contributed by atoms with E-state index >= 15 is 0 Å². The van der Waals surface area contributed by atoms with Crippen molar-refractivity contribution in [3.8, 4) is 5.75 Å². The zero-order chi connectivity index (χ0) is 26.2. The third-order valence-electron chi connectivity index (χ3n) is 6.84. The fourth-order valence-electron chi connectivity index (χ4n) is 4.66. The topological polar surface area (TPSA) is 91.6 Å². The minimum atomic E-state index is -0.261. The number of aromatic nitrogens is 1. The highest BCUT2D eigenvalue weighted by Gasteiger charge is 2.35. The summed E-state index contributed by atoms with van der Waals surface area (Å²) >= 11 is 0. The summed E-state index contributed by atoms with van der Waals surface area (Å²) < 4.78 is 12.8. The summed E-state index contributed by atoms with van der Waals surface area (Å²) in [5.74, 6) is 0.545. The Morgan fingerprint density at radius 3 is 2.59 bits per heavy atom. The molecule has 4 rings (SSSR count). The first-order chi connectivity index (χ1) is 18.0. The normalized spacial score (nSPS) is 18.0. The van der Waals surface area contributed by atoms with Gasteiger partial charge < -0.3 is 24.3 Å². The number of carbonyl (C=O) groups is 2. The van der Waals surface area contributed by atoms with Crippen molar-refractivity contribution in [2.75, 3.05) is 59.6 Å². The van der Waals surface area contributed by atoms with Crippen LogP contribution in [0.15, 0.2) is 47.7 Å². The molecule has 2 aliphatic rings. The van der Waals surface area contributed by atoms with Crippen molar-refractivity contribution in [2.24, 2.45) is 12.1 Å². The van der Waals surface area contributed by atoms with Gasteiger partial charge in [0.15, 0.2) is 0 Å². The molecule has 2 aromatic rings. The molecule has 200 valence electrons. The van der Waals surface area contributed by atoms with Gasteiger partial charge in [0.2, 0.25) is 0 Å². The number of nitrogens with zero attached hydrogens (tertiary/aromatic N) is 5. The third-order valence-corrected chi connectivity index (χ3v) is 6.84. The molecule has 3 heterocycles. The number of ether oxygens (including phenoxy) is 2. The summed E-state index contributed by atoms with van der Waals surface area (Å²) in [6.45, 7) is 6.71. The van der Waals surface area contributed by atoms with Crippen LogP contribution in [0.1, 0.15) is 37.1 Å². The highest BCUT2D eigenvalue weighted by molar-refractivity contribution is 6.02. The first-order valence-electron chi connectivity index (χ1n) is 13.0. The number of hydrazone groups is 1. The molecule has 0 bridgehead atoms. The zero-order valence-corrected chi connectivity index (χ0v) is 22.1. The van der Waals surface area contributed by atoms with Gasteiger partial charge in [-0.1, -0.05) is 19.1 Å². The number of hydrogen-bond donors (Lipinski definition) is 1. The molecule has 0 aliphatic carbocycles. The van der Waals surface area contributed by atoms with Gasteiger partial charge >= 0.3 is 6.03 Å². The maximum absolute atomic E-state index is 13.7. The van der Waals surface area contributed by atoms with E-state index in [2.05, 4.69) is 10.2 Å². The molecule has 37 heavy (non-hydrogen) atoms. The summed E-state index contributed by atoms with van der Waals surface area (Å²) in [6.07, 6.45) is 3.38. The van der Waals surface area contributed by atoms with Crippen LogP contribution in [0.25, 0.3) is 0 Å². The lowest BCUT2D eigenvalue weighted by atomic mass is 10.0. The van der Waals surface area contributed by atoms with Gasteiger partial charge in [-0.15, -0.1) is 0 Å². The summed E-state index contributed by atoms with van der Waals surface area (Å²) in [6, 6.07) is 11.2. The van der Waals surface area contributed by atoms with Gasteiger partial charge in [0, 0.05) is 52.4 Å². The van der Waals surface area contributed by atoms with Crippen molar-refractivity contribution in [2.45, 2.75) is 25.8 Å². The van der Waals surface area contributed by atoms with Gasteiger partial charge in [-0.2, -0.15) is 5.10 Å². The molecule has 1 aromatic carbocycles. The number of urea groups is 1. The average Bonchev–Trinajstić information content (AvgIpc) is 3.56. The summed E-state index contributed by atoms with van der Waals surface area (Å²) in [4.78, 5) is 30.6. The number of morpholine rings is 1. The molecule has 1 saturated heterocycles. The van der Waals surface area contributed by atoms with E-state index in [1.54, 1.807) is 17.0 Å². The van der Waals surface area contributed by atoms with E-state index in [1.807, 2.05) is 61.1 Å². The van der Waals surface area contributed by atoms with Gasteiger partial charge in [-0.05, 0) is 36.2 Å². The molecule has 0 saturated carbocycles. The molecule has 1 fully saturated rings. The Morgan fingerprint density at radius 2 is 1.95 bits per heavy atom. The highest BCUT2D eigenvalue weighted by atomic mass is 16.5. The van der Waals surface area contributed by atoms with Gasteiger partial charge in [0.05, 0.1) is 37.8 Å². The Bertz CT molecular complexity index is 1080. The number of hydrogen-bond acceptors (Lipinski definition) is 6. The summed E-state index contributed by atoms with van der Waals surface area (Å²) in [5, 5.41) is 9.26. The lowest BCUT2D eigenvalue weighted by molar-refractivity contribution is -0.133. The SMILES string of the molecule is CCCNC(=O)N(CCN1CCOCC1)CC(=O)N1N=C(c2cccn2C)C[C@H]1c1ccc(OC)cc1. The quantitative estimate of drug-likeness (QED) is 0.530. The standard InChI is InChI=1S/C27H38N6O4/c1-4-11-28-27(35)32(14-13-31-15-17-37-18-16-31)20-26(34)33-25(21-7-9-22(36-3)10-8-21)19-23(29-33)24-6-5-12-30(24)2/h5-10,12,25H,4,11,13-20H2,1-3H3,(H,28,35)/t25-/m0/s1. The smallest absolute Gasteiger partial charge is 0.317 e. The number of rotatable bonds is 10. The molecule has 3 amide bonds. The highest BCUT2D eigenvalue weighted by Crippen LogP contribution is 2.33. The number of methoxy groups -OCH3 is 1. The van der Waals surface area contributed by atoms with Crippen molar-refractivity contribution in [3.05, 3.63) is 53.9 Å². The largest absolute Gasteiger partial charge is 0.497 e. The van der Waals surface area contributed by atoms with Crippen molar-refractivity contribution in [1.82, 2.24) is 24.7 Å². The Balaban J connectivity index is 1.54. The monoisotopic (exact) mass is 510 g/mol. The average molecular weight is 511 g/mol. The van der Waals surface area contributed by atoms with Crippen LogP contribution in [0, 0.1) is 0 Å². The van der Waals surface area contributed by atoms with E-state index in [0.29, 0.717) is 39.3 Å². The van der Waals surface area contributed by atoms with Crippen LogP contribution in [-0.2, 0) is 16.6 Å². The Morgan fingerprint density at radius 1 is 1.19 bits per heavy atom. The van der Waals surface area contributed by atoms with E-state index in [4.69, 9.17) is 14.6 Å². The van der Waals surface area contributed by atoms with E-state index < -0.39 is 0 Å². The van der Waals surface area contributed by atoms with E-state index in [0.717, 1.165) is 42.2 Å². The first-order valence-corrected chi connectivity index (χ1v) is 13.0. The number of amides is 3. The van der Waals surface area contributed by atoms with Crippen LogP contribution >= 0.6 is 0 Å². The number of nitrogens with one attached hydrogen (secondary N) is 1. The number of benzene rings is 1. The fourth-order valence-corrected chi connectivity index (χ4v) is 4.66. The molecule has 1 aromatic heterocycles. The lowest BCUT2D eigenvalue weighted by Crippen LogP contribution is -2.49. The predicted molar refractivity (Wildman–Crippen MR) is 142 cm³/mol. The van der Waals surface area contributed by atoms with Crippen LogP contribution < -0.4 is 10.1 Å². The second kappa shape index (κ2) is 12.7. The minimum Gasteiger partial charge on any atom is -0.497 e. The molecule has 1 atom stereocenters. The zero-order valence-electron chi connectivity index (χ0n) is 22.1. The molecule has 10 nitrogen and oxygen atoms in total. The number of carbonyl (C=O) groups excluding carboxylic acids is 2. The van der Waals surface area contributed by atoms with Gasteiger partial charge in [-0.3, -0.25) is 9.69 Å². The van der Waals surface area contributed by atoms with E-state index in [9.17, 15) is 9.59 Å². The summed E-state index contributed by atoms with van der Waals surface area (Å²) in [5.41, 5.74) is 2.79. The molecular formula is C27H38N6O4. The van der Waals surface area contributed by atoms with E-state index in [1.165, 1.54) is 0 Å². The van der Waals surface area contributed by atoms with Crippen molar-refractivity contribution in [3.63, 3.8) is 0 Å². The maximum Gasteiger partial charge on any atom is 0.317 e. The molecule has 2 aliphatic heterocycles. The van der Waals surface area contributed by atoms with Crippen LogP contribution in [0.3, 0.4) is 0 Å². The van der Waals surface area contributed by atoms with Crippen LogP contribution in [0.4, 0.5) is 4.79 Å². The lowest BCUT2D eigenvalue weighted by Gasteiger charge is -2.31. The van der Waals surface area contributed by atoms with Crippen molar-refractivity contribution in [1.29, 1.82) is 0 Å². The Kier molecular flexibility index (Phi) is 9.19.